The van der Waals surface area contributed by atoms with E-state index < -0.39 is 0 Å². The van der Waals surface area contributed by atoms with Crippen LogP contribution in [0.2, 0.25) is 0 Å². The summed E-state index contributed by atoms with van der Waals surface area (Å²) in [5.41, 5.74) is 2.90. The zero-order valence-corrected chi connectivity index (χ0v) is 15.0. The van der Waals surface area contributed by atoms with Gasteiger partial charge in [0.2, 0.25) is 0 Å². The second-order valence-corrected chi connectivity index (χ2v) is 7.85. The van der Waals surface area contributed by atoms with E-state index >= 15 is 0 Å². The predicted octanol–water partition coefficient (Wildman–Crippen LogP) is 5.54. The summed E-state index contributed by atoms with van der Waals surface area (Å²) in [5.74, 6) is 2.24. The van der Waals surface area contributed by atoms with Crippen LogP contribution in [-0.2, 0) is 10.8 Å². The molecule has 0 saturated heterocycles. The predicted molar refractivity (Wildman–Crippen MR) is 88.5 cm³/mol. The maximum atomic E-state index is 5.03. The van der Waals surface area contributed by atoms with E-state index in [1.807, 2.05) is 0 Å². The summed E-state index contributed by atoms with van der Waals surface area (Å²) in [4.78, 5) is 8.72. The molecule has 0 spiro atoms. The average molecular weight is 278 g/mol. The van der Waals surface area contributed by atoms with E-state index in [9.17, 15) is 0 Å². The third-order valence-electron chi connectivity index (χ3n) is 5.24. The van der Waals surface area contributed by atoms with Crippen LogP contribution < -0.4 is 0 Å². The first-order valence-electron chi connectivity index (χ1n) is 8.17. The van der Waals surface area contributed by atoms with Gasteiger partial charge < -0.3 is 4.98 Å². The number of rotatable bonds is 6. The lowest BCUT2D eigenvalue weighted by atomic mass is 9.77. The Balaban J connectivity index is 3.41. The standard InChI is InChI=1S/C18H34N2/c1-10-17(6,7)14-15(18(8,9)11-2)20-16(19-14)13(5)12(3)4/h12-13H,10-11H2,1-9H3,(H,19,20). The van der Waals surface area contributed by atoms with Gasteiger partial charge in [-0.3, -0.25) is 0 Å². The molecule has 116 valence electrons. The molecule has 0 saturated carbocycles. The first-order chi connectivity index (χ1) is 9.06. The third kappa shape index (κ3) is 3.27. The lowest BCUT2D eigenvalue weighted by molar-refractivity contribution is 0.441. The normalized spacial score (nSPS) is 14.9. The molecule has 0 bridgehead atoms. The summed E-state index contributed by atoms with van der Waals surface area (Å²) in [7, 11) is 0. The summed E-state index contributed by atoms with van der Waals surface area (Å²) in [6, 6.07) is 0. The highest BCUT2D eigenvalue weighted by Crippen LogP contribution is 2.37. The number of hydrogen-bond acceptors (Lipinski definition) is 1. The summed E-state index contributed by atoms with van der Waals surface area (Å²) >= 11 is 0. The highest BCUT2D eigenvalue weighted by atomic mass is 15.0. The van der Waals surface area contributed by atoms with E-state index in [1.165, 1.54) is 11.4 Å². The van der Waals surface area contributed by atoms with Crippen molar-refractivity contribution < 1.29 is 0 Å². The summed E-state index contributed by atoms with van der Waals surface area (Å²) in [6.45, 7) is 20.6. The number of H-pyrrole nitrogens is 1. The Kier molecular flexibility index (Phi) is 5.10. The highest BCUT2D eigenvalue weighted by Gasteiger charge is 2.33. The molecule has 1 atom stereocenters. The Morgan fingerprint density at radius 1 is 0.950 bits per heavy atom. The van der Waals surface area contributed by atoms with Gasteiger partial charge in [0.1, 0.15) is 5.82 Å². The average Bonchev–Trinajstić information content (AvgIpc) is 2.84. The van der Waals surface area contributed by atoms with Crippen molar-refractivity contribution in [3.05, 3.63) is 17.2 Å². The van der Waals surface area contributed by atoms with Crippen molar-refractivity contribution in [2.45, 2.75) is 91.9 Å². The highest BCUT2D eigenvalue weighted by molar-refractivity contribution is 5.30. The van der Waals surface area contributed by atoms with Crippen molar-refractivity contribution in [2.24, 2.45) is 5.92 Å². The molecule has 1 rings (SSSR count). The van der Waals surface area contributed by atoms with E-state index in [4.69, 9.17) is 4.98 Å². The van der Waals surface area contributed by atoms with Gasteiger partial charge in [-0.2, -0.15) is 0 Å². The quantitative estimate of drug-likeness (QED) is 0.726. The fraction of sp³-hybridized carbons (Fsp3) is 0.833. The van der Waals surface area contributed by atoms with Crippen LogP contribution in [0.1, 0.15) is 98.3 Å². The summed E-state index contributed by atoms with van der Waals surface area (Å²) in [5, 5.41) is 0. The van der Waals surface area contributed by atoms with Crippen LogP contribution in [-0.4, -0.2) is 9.97 Å². The van der Waals surface area contributed by atoms with Gasteiger partial charge in [-0.05, 0) is 18.8 Å². The monoisotopic (exact) mass is 278 g/mol. The van der Waals surface area contributed by atoms with Crippen molar-refractivity contribution in [1.82, 2.24) is 9.97 Å². The van der Waals surface area contributed by atoms with Crippen LogP contribution in [0.4, 0.5) is 0 Å². The Hall–Kier alpha value is -0.790. The van der Waals surface area contributed by atoms with Gasteiger partial charge in [-0.25, -0.2) is 4.98 Å². The van der Waals surface area contributed by atoms with Gasteiger partial charge in [0.05, 0.1) is 5.69 Å². The molecule has 0 aliphatic carbocycles. The molecule has 0 radical (unpaired) electrons. The van der Waals surface area contributed by atoms with E-state index in [2.05, 4.69) is 67.3 Å². The molecule has 2 nitrogen and oxygen atoms in total. The van der Waals surface area contributed by atoms with Gasteiger partial charge in [0.25, 0.3) is 0 Å². The first-order valence-corrected chi connectivity index (χ1v) is 8.17. The van der Waals surface area contributed by atoms with Crippen LogP contribution in [0.15, 0.2) is 0 Å². The van der Waals surface area contributed by atoms with Gasteiger partial charge in [-0.1, -0.05) is 62.3 Å². The minimum atomic E-state index is 0.132. The van der Waals surface area contributed by atoms with E-state index in [0.29, 0.717) is 11.8 Å². The summed E-state index contributed by atoms with van der Waals surface area (Å²) in [6.07, 6.45) is 2.23. The SMILES string of the molecule is CCC(C)(C)c1nc(C(C)C(C)C)[nH]c1C(C)(C)CC. The van der Waals surface area contributed by atoms with E-state index in [1.54, 1.807) is 0 Å². The Morgan fingerprint density at radius 2 is 1.45 bits per heavy atom. The zero-order valence-electron chi connectivity index (χ0n) is 15.0. The van der Waals surface area contributed by atoms with Crippen molar-refractivity contribution in [3.8, 4) is 0 Å². The number of nitrogens with zero attached hydrogens (tertiary/aromatic N) is 1. The van der Waals surface area contributed by atoms with Crippen molar-refractivity contribution >= 4 is 0 Å². The van der Waals surface area contributed by atoms with Crippen LogP contribution in [0, 0.1) is 5.92 Å². The molecule has 1 unspecified atom stereocenters. The molecule has 0 fully saturated rings. The van der Waals surface area contributed by atoms with Crippen LogP contribution >= 0.6 is 0 Å². The molecular weight excluding hydrogens is 244 g/mol. The maximum Gasteiger partial charge on any atom is 0.109 e. The number of aromatic nitrogens is 2. The summed E-state index contributed by atoms with van der Waals surface area (Å²) < 4.78 is 0. The smallest absolute Gasteiger partial charge is 0.109 e. The molecule has 0 aromatic carbocycles. The molecule has 2 heteroatoms. The van der Waals surface area contributed by atoms with Gasteiger partial charge in [-0.15, -0.1) is 0 Å². The Bertz CT molecular complexity index is 405. The second kappa shape index (κ2) is 5.91. The molecular formula is C18H34N2. The van der Waals surface area contributed by atoms with Crippen molar-refractivity contribution in [1.29, 1.82) is 0 Å². The van der Waals surface area contributed by atoms with E-state index in [-0.39, 0.29) is 10.8 Å². The second-order valence-electron chi connectivity index (χ2n) is 7.85. The first kappa shape index (κ1) is 17.3. The molecule has 1 aromatic heterocycles. The lowest BCUT2D eigenvalue weighted by Gasteiger charge is -2.29. The molecule has 0 aliphatic heterocycles. The minimum Gasteiger partial charge on any atom is -0.345 e. The minimum absolute atomic E-state index is 0.132. The van der Waals surface area contributed by atoms with Gasteiger partial charge in [0, 0.05) is 22.4 Å². The van der Waals surface area contributed by atoms with Crippen LogP contribution in [0.25, 0.3) is 0 Å². The molecule has 1 N–H and O–H groups in total. The largest absolute Gasteiger partial charge is 0.345 e. The molecule has 0 amide bonds. The fourth-order valence-corrected chi connectivity index (χ4v) is 2.25. The number of hydrogen-bond donors (Lipinski definition) is 1. The van der Waals surface area contributed by atoms with Crippen molar-refractivity contribution in [2.75, 3.05) is 0 Å². The topological polar surface area (TPSA) is 28.7 Å². The van der Waals surface area contributed by atoms with E-state index in [0.717, 1.165) is 18.7 Å². The van der Waals surface area contributed by atoms with Crippen LogP contribution in [0.5, 0.6) is 0 Å². The molecule has 0 aliphatic rings. The molecule has 20 heavy (non-hydrogen) atoms. The van der Waals surface area contributed by atoms with Gasteiger partial charge >= 0.3 is 0 Å². The van der Waals surface area contributed by atoms with Gasteiger partial charge in [0.15, 0.2) is 0 Å². The lowest BCUT2D eigenvalue weighted by Crippen LogP contribution is -2.25. The molecule has 1 heterocycles. The van der Waals surface area contributed by atoms with Crippen LogP contribution in [0.3, 0.4) is 0 Å². The Morgan fingerprint density at radius 3 is 1.85 bits per heavy atom. The molecule has 1 aromatic rings. The third-order valence-corrected chi connectivity index (χ3v) is 5.24. The Labute approximate surface area is 125 Å². The maximum absolute atomic E-state index is 5.03. The zero-order chi connectivity index (χ0) is 15.7. The van der Waals surface area contributed by atoms with Crippen molar-refractivity contribution in [3.63, 3.8) is 0 Å². The number of imidazole rings is 1. The fourth-order valence-electron chi connectivity index (χ4n) is 2.25. The number of aromatic amines is 1. The number of nitrogens with one attached hydrogen (secondary N) is 1.